The minimum Gasteiger partial charge on any atom is -0.377 e. The standard InChI is InChI=1S/C17H27N5O3S.C6H9ClN2/c1-11-15(16(24)21-12-3-6-18-7-4-12)26-17(20-11)22-8-5-13(19-10-23)14(9-22)25-2;1-3-5-6(7)9-4(2)8-5/h10,12-14,18H,3-9H2,1-2H3,(H,19,23)(H,21,24);3H2,1-2H3,(H,8,9)/t13-,14+;/m1./s1. The Hall–Kier alpha value is -2.21. The van der Waals surface area contributed by atoms with Crippen molar-refractivity contribution in [1.82, 2.24) is 30.9 Å². The summed E-state index contributed by atoms with van der Waals surface area (Å²) in [6, 6.07) is 0.245. The number of hydrogen-bond donors (Lipinski definition) is 4. The van der Waals surface area contributed by atoms with E-state index in [4.69, 9.17) is 16.3 Å². The molecule has 2 fully saturated rings. The molecule has 2 aromatic rings. The Balaban J connectivity index is 0.000000320. The second-order valence-corrected chi connectivity index (χ2v) is 10.1. The first-order valence-electron chi connectivity index (χ1n) is 12.0. The molecule has 4 rings (SSSR count). The van der Waals surface area contributed by atoms with E-state index in [2.05, 4.69) is 35.8 Å². The van der Waals surface area contributed by atoms with Crippen molar-refractivity contribution in [3.63, 3.8) is 0 Å². The van der Waals surface area contributed by atoms with Crippen LogP contribution in [0.1, 0.15) is 53.1 Å². The molecule has 0 bridgehead atoms. The van der Waals surface area contributed by atoms with Gasteiger partial charge in [0.2, 0.25) is 6.41 Å². The number of amides is 2. The van der Waals surface area contributed by atoms with Crippen molar-refractivity contribution in [2.75, 3.05) is 38.2 Å². The molecule has 0 aliphatic carbocycles. The maximum Gasteiger partial charge on any atom is 0.263 e. The van der Waals surface area contributed by atoms with E-state index in [1.54, 1.807) is 7.11 Å². The van der Waals surface area contributed by atoms with Gasteiger partial charge >= 0.3 is 0 Å². The molecule has 35 heavy (non-hydrogen) atoms. The quantitative estimate of drug-likeness (QED) is 0.408. The largest absolute Gasteiger partial charge is 0.377 e. The summed E-state index contributed by atoms with van der Waals surface area (Å²) in [5.74, 6) is 0.857. The molecule has 0 aromatic carbocycles. The first-order chi connectivity index (χ1) is 16.9. The topological polar surface area (TPSA) is 124 Å². The maximum atomic E-state index is 12.6. The van der Waals surface area contributed by atoms with Crippen LogP contribution in [-0.4, -0.2) is 78.7 Å². The zero-order valence-electron chi connectivity index (χ0n) is 20.8. The van der Waals surface area contributed by atoms with Crippen LogP contribution in [0, 0.1) is 13.8 Å². The van der Waals surface area contributed by atoms with Crippen LogP contribution in [0.2, 0.25) is 5.15 Å². The Labute approximate surface area is 215 Å². The SMILES string of the molecule is CCc1[nH]c(C)nc1Cl.CO[C@H]1CN(c2nc(C)c(C(=O)NC3CCNCC3)s2)CC[C@H]1NC=O. The molecule has 0 saturated carbocycles. The molecular weight excluding hydrogens is 490 g/mol. The molecule has 4 heterocycles. The van der Waals surface area contributed by atoms with E-state index >= 15 is 0 Å². The molecule has 2 aliphatic rings. The summed E-state index contributed by atoms with van der Waals surface area (Å²) in [4.78, 5) is 37.8. The number of imidazole rings is 1. The Bertz CT molecular complexity index is 976. The van der Waals surface area contributed by atoms with Crippen molar-refractivity contribution >= 4 is 40.4 Å². The number of hydrogen-bond acceptors (Lipinski definition) is 8. The Kier molecular flexibility index (Phi) is 10.3. The Morgan fingerprint density at radius 3 is 2.60 bits per heavy atom. The first kappa shape index (κ1) is 27.4. The molecule has 0 unspecified atom stereocenters. The van der Waals surface area contributed by atoms with E-state index < -0.39 is 0 Å². The number of piperidine rings is 2. The van der Waals surface area contributed by atoms with Crippen LogP contribution in [0.3, 0.4) is 0 Å². The van der Waals surface area contributed by atoms with Gasteiger partial charge in [-0.05, 0) is 52.6 Å². The van der Waals surface area contributed by atoms with Crippen LogP contribution >= 0.6 is 22.9 Å². The average molecular weight is 526 g/mol. The van der Waals surface area contributed by atoms with Gasteiger partial charge in [-0.15, -0.1) is 0 Å². The van der Waals surface area contributed by atoms with Crippen LogP contribution < -0.4 is 20.9 Å². The van der Waals surface area contributed by atoms with Crippen molar-refractivity contribution in [1.29, 1.82) is 0 Å². The highest BCUT2D eigenvalue weighted by Crippen LogP contribution is 2.29. The molecule has 4 N–H and O–H groups in total. The maximum absolute atomic E-state index is 12.6. The number of aromatic amines is 1. The molecule has 2 aromatic heterocycles. The number of carbonyl (C=O) groups excluding carboxylic acids is 2. The molecule has 10 nitrogen and oxygen atoms in total. The van der Waals surface area contributed by atoms with Crippen molar-refractivity contribution in [2.24, 2.45) is 0 Å². The van der Waals surface area contributed by atoms with Crippen LogP contribution in [0.4, 0.5) is 5.13 Å². The number of H-pyrrole nitrogens is 1. The summed E-state index contributed by atoms with van der Waals surface area (Å²) in [7, 11) is 1.65. The number of aromatic nitrogens is 3. The van der Waals surface area contributed by atoms with Gasteiger partial charge in [0.1, 0.15) is 15.9 Å². The van der Waals surface area contributed by atoms with E-state index in [9.17, 15) is 9.59 Å². The fourth-order valence-corrected chi connectivity index (χ4v) is 5.61. The number of ether oxygens (including phenoxy) is 1. The lowest BCUT2D eigenvalue weighted by atomic mass is 10.0. The van der Waals surface area contributed by atoms with Crippen molar-refractivity contribution in [2.45, 2.75) is 64.6 Å². The highest BCUT2D eigenvalue weighted by molar-refractivity contribution is 7.17. The number of anilines is 1. The van der Waals surface area contributed by atoms with Gasteiger partial charge in [0.15, 0.2) is 5.13 Å². The summed E-state index contributed by atoms with van der Waals surface area (Å²) in [5.41, 5.74) is 1.78. The lowest BCUT2D eigenvalue weighted by Gasteiger charge is -2.37. The number of thiazole rings is 1. The zero-order valence-corrected chi connectivity index (χ0v) is 22.4. The second kappa shape index (κ2) is 13.2. The molecule has 2 saturated heterocycles. The number of carbonyl (C=O) groups is 2. The van der Waals surface area contributed by atoms with Crippen molar-refractivity contribution in [3.05, 3.63) is 27.2 Å². The average Bonchev–Trinajstić information content (AvgIpc) is 3.41. The minimum absolute atomic E-state index is 0.0116. The molecule has 0 radical (unpaired) electrons. The summed E-state index contributed by atoms with van der Waals surface area (Å²) in [6.07, 6.45) is 4.26. The highest BCUT2D eigenvalue weighted by atomic mass is 35.5. The van der Waals surface area contributed by atoms with Crippen molar-refractivity contribution in [3.8, 4) is 0 Å². The lowest BCUT2D eigenvalue weighted by molar-refractivity contribution is -0.111. The predicted octanol–water partition coefficient (Wildman–Crippen LogP) is 2.21. The number of rotatable bonds is 7. The molecule has 0 spiro atoms. The molecular formula is C23H36ClN7O3S. The van der Waals surface area contributed by atoms with Gasteiger partial charge in [-0.2, -0.15) is 0 Å². The van der Waals surface area contributed by atoms with Crippen molar-refractivity contribution < 1.29 is 14.3 Å². The highest BCUT2D eigenvalue weighted by Gasteiger charge is 2.31. The Morgan fingerprint density at radius 1 is 1.29 bits per heavy atom. The van der Waals surface area contributed by atoms with E-state index in [0.717, 1.165) is 74.1 Å². The molecule has 2 amide bonds. The van der Waals surface area contributed by atoms with Crippen LogP contribution in [0.25, 0.3) is 0 Å². The molecule has 12 heteroatoms. The van der Waals surface area contributed by atoms with E-state index in [1.165, 1.54) is 11.3 Å². The number of aryl methyl sites for hydroxylation is 3. The lowest BCUT2D eigenvalue weighted by Crippen LogP contribution is -2.53. The number of methoxy groups -OCH3 is 1. The normalized spacial score (nSPS) is 20.7. The van der Waals surface area contributed by atoms with Crippen LogP contribution in [0.15, 0.2) is 0 Å². The van der Waals surface area contributed by atoms with E-state index in [-0.39, 0.29) is 24.1 Å². The monoisotopic (exact) mass is 525 g/mol. The fourth-order valence-electron chi connectivity index (χ4n) is 4.30. The first-order valence-corrected chi connectivity index (χ1v) is 13.2. The van der Waals surface area contributed by atoms with Crippen LogP contribution in [0.5, 0.6) is 0 Å². The van der Waals surface area contributed by atoms with Gasteiger partial charge in [-0.1, -0.05) is 29.9 Å². The van der Waals surface area contributed by atoms with Gasteiger partial charge in [-0.25, -0.2) is 9.97 Å². The van der Waals surface area contributed by atoms with Gasteiger partial charge in [0, 0.05) is 26.2 Å². The van der Waals surface area contributed by atoms with Gasteiger partial charge < -0.3 is 30.6 Å². The summed E-state index contributed by atoms with van der Waals surface area (Å²) in [6.45, 7) is 9.12. The predicted molar refractivity (Wildman–Crippen MR) is 139 cm³/mol. The molecule has 194 valence electrons. The van der Waals surface area contributed by atoms with Gasteiger partial charge in [0.05, 0.1) is 23.5 Å². The summed E-state index contributed by atoms with van der Waals surface area (Å²) >= 11 is 7.13. The van der Waals surface area contributed by atoms with Crippen LogP contribution in [-0.2, 0) is 16.0 Å². The number of halogens is 1. The smallest absolute Gasteiger partial charge is 0.263 e. The fraction of sp³-hybridized carbons (Fsp3) is 0.652. The zero-order chi connectivity index (χ0) is 25.4. The summed E-state index contributed by atoms with van der Waals surface area (Å²) in [5, 5.41) is 10.7. The minimum atomic E-state index is -0.0924. The Morgan fingerprint density at radius 2 is 2.03 bits per heavy atom. The van der Waals surface area contributed by atoms with E-state index in [1.807, 2.05) is 20.8 Å². The summed E-state index contributed by atoms with van der Waals surface area (Å²) < 4.78 is 5.52. The third kappa shape index (κ3) is 7.39. The van der Waals surface area contributed by atoms with Gasteiger partial charge in [-0.3, -0.25) is 9.59 Å². The third-order valence-electron chi connectivity index (χ3n) is 6.28. The van der Waals surface area contributed by atoms with Gasteiger partial charge in [0.25, 0.3) is 5.91 Å². The van der Waals surface area contributed by atoms with E-state index in [0.29, 0.717) is 16.6 Å². The molecule has 2 atom stereocenters. The second-order valence-electron chi connectivity index (χ2n) is 8.75. The number of nitrogens with one attached hydrogen (secondary N) is 4. The third-order valence-corrected chi connectivity index (χ3v) is 7.81. The number of nitrogens with zero attached hydrogens (tertiary/aromatic N) is 3. The molecule has 2 aliphatic heterocycles.